The highest BCUT2D eigenvalue weighted by Gasteiger charge is 2.03. The van der Waals surface area contributed by atoms with Gasteiger partial charge in [-0.2, -0.15) is 0 Å². The number of nitrogens with zero attached hydrogens (tertiary/aromatic N) is 1. The lowest BCUT2D eigenvalue weighted by Crippen LogP contribution is -2.28. The molecule has 0 unspecified atom stereocenters. The molecule has 1 nitrogen and oxygen atoms in total. The van der Waals surface area contributed by atoms with Crippen LogP contribution in [0.4, 0.5) is 4.39 Å². The van der Waals surface area contributed by atoms with Crippen LogP contribution < -0.4 is 0 Å². The number of rotatable bonds is 4. The summed E-state index contributed by atoms with van der Waals surface area (Å²) in [4.78, 5) is 2.25. The zero-order valence-corrected chi connectivity index (χ0v) is 9.13. The van der Waals surface area contributed by atoms with Gasteiger partial charge in [-0.15, -0.1) is 0 Å². The molecule has 0 aromatic heterocycles. The van der Waals surface area contributed by atoms with E-state index in [2.05, 4.69) is 25.8 Å². The van der Waals surface area contributed by atoms with Crippen molar-refractivity contribution in [1.29, 1.82) is 0 Å². The number of likely N-dealkylation sites (N-methyl/N-ethyl adjacent to an activating group) is 1. The van der Waals surface area contributed by atoms with Gasteiger partial charge in [0.15, 0.2) is 0 Å². The van der Waals surface area contributed by atoms with Crippen molar-refractivity contribution in [2.45, 2.75) is 26.3 Å². The maximum atomic E-state index is 12.8. The summed E-state index contributed by atoms with van der Waals surface area (Å²) in [5.41, 5.74) is 1.07. The van der Waals surface area contributed by atoms with E-state index >= 15 is 0 Å². The molecule has 0 bridgehead atoms. The van der Waals surface area contributed by atoms with Gasteiger partial charge in [-0.25, -0.2) is 4.39 Å². The van der Waals surface area contributed by atoms with E-state index in [1.165, 1.54) is 6.07 Å². The zero-order valence-electron chi connectivity index (χ0n) is 9.13. The minimum Gasteiger partial charge on any atom is -0.304 e. The average molecular weight is 195 g/mol. The van der Waals surface area contributed by atoms with Gasteiger partial charge in [-0.3, -0.25) is 0 Å². The maximum absolute atomic E-state index is 12.8. The van der Waals surface area contributed by atoms with Crippen LogP contribution in [0.15, 0.2) is 24.3 Å². The third-order valence-electron chi connectivity index (χ3n) is 2.52. The summed E-state index contributed by atoms with van der Waals surface area (Å²) in [5, 5.41) is 0. The molecule has 0 spiro atoms. The van der Waals surface area contributed by atoms with E-state index in [9.17, 15) is 4.39 Å². The average Bonchev–Trinajstić information content (AvgIpc) is 2.14. The fourth-order valence-electron chi connectivity index (χ4n) is 1.26. The predicted molar refractivity (Wildman–Crippen MR) is 57.9 cm³/mol. The first-order valence-electron chi connectivity index (χ1n) is 5.04. The molecule has 78 valence electrons. The van der Waals surface area contributed by atoms with Crippen molar-refractivity contribution < 1.29 is 4.39 Å². The van der Waals surface area contributed by atoms with Crippen LogP contribution >= 0.6 is 0 Å². The third-order valence-corrected chi connectivity index (χ3v) is 2.52. The second-order valence-electron chi connectivity index (χ2n) is 3.95. The van der Waals surface area contributed by atoms with Gasteiger partial charge in [0, 0.05) is 12.6 Å². The molecule has 0 amide bonds. The highest BCUT2D eigenvalue weighted by atomic mass is 19.1. The van der Waals surface area contributed by atoms with Crippen molar-refractivity contribution in [3.63, 3.8) is 0 Å². The van der Waals surface area contributed by atoms with Gasteiger partial charge in [-0.05, 0) is 45.0 Å². The Labute approximate surface area is 85.5 Å². The van der Waals surface area contributed by atoms with Crippen LogP contribution in [0, 0.1) is 5.82 Å². The highest BCUT2D eigenvalue weighted by molar-refractivity contribution is 5.16. The van der Waals surface area contributed by atoms with E-state index in [1.807, 2.05) is 6.07 Å². The molecule has 1 rings (SSSR count). The summed E-state index contributed by atoms with van der Waals surface area (Å²) in [6.45, 7) is 5.29. The Morgan fingerprint density at radius 3 is 2.64 bits per heavy atom. The molecule has 0 radical (unpaired) electrons. The van der Waals surface area contributed by atoms with Gasteiger partial charge >= 0.3 is 0 Å². The lowest BCUT2D eigenvalue weighted by Gasteiger charge is -2.20. The molecule has 0 atom stereocenters. The number of hydrogen-bond acceptors (Lipinski definition) is 1. The smallest absolute Gasteiger partial charge is 0.123 e. The van der Waals surface area contributed by atoms with Crippen LogP contribution in [0.25, 0.3) is 0 Å². The summed E-state index contributed by atoms with van der Waals surface area (Å²) >= 11 is 0. The van der Waals surface area contributed by atoms with Crippen molar-refractivity contribution in [3.8, 4) is 0 Å². The third kappa shape index (κ3) is 3.46. The van der Waals surface area contributed by atoms with Gasteiger partial charge in [-0.1, -0.05) is 12.1 Å². The molecule has 0 aliphatic heterocycles. The Morgan fingerprint density at radius 1 is 1.36 bits per heavy atom. The molecule has 1 aromatic rings. The van der Waals surface area contributed by atoms with Gasteiger partial charge < -0.3 is 4.90 Å². The van der Waals surface area contributed by atoms with Crippen LogP contribution in [-0.2, 0) is 6.42 Å². The van der Waals surface area contributed by atoms with Gasteiger partial charge in [0.2, 0.25) is 0 Å². The Bertz CT molecular complexity index is 283. The van der Waals surface area contributed by atoms with Crippen LogP contribution in [0.3, 0.4) is 0 Å². The summed E-state index contributed by atoms with van der Waals surface area (Å²) in [6, 6.07) is 7.37. The molecule has 2 heteroatoms. The van der Waals surface area contributed by atoms with Crippen molar-refractivity contribution in [2.75, 3.05) is 13.6 Å². The molecule has 0 N–H and O–H groups in total. The fraction of sp³-hybridized carbons (Fsp3) is 0.500. The Kier molecular flexibility index (Phi) is 4.08. The fourth-order valence-corrected chi connectivity index (χ4v) is 1.26. The number of benzene rings is 1. The van der Waals surface area contributed by atoms with E-state index < -0.39 is 0 Å². The first kappa shape index (κ1) is 11.2. The maximum Gasteiger partial charge on any atom is 0.123 e. The van der Waals surface area contributed by atoms with E-state index in [-0.39, 0.29) is 5.82 Å². The van der Waals surface area contributed by atoms with Crippen LogP contribution in [-0.4, -0.2) is 24.5 Å². The predicted octanol–water partition coefficient (Wildman–Crippen LogP) is 2.71. The van der Waals surface area contributed by atoms with Crippen LogP contribution in [0.1, 0.15) is 19.4 Å². The van der Waals surface area contributed by atoms with Crippen molar-refractivity contribution in [2.24, 2.45) is 0 Å². The SMILES string of the molecule is CC(C)N(C)CCc1cccc(F)c1. The largest absolute Gasteiger partial charge is 0.304 e. The highest BCUT2D eigenvalue weighted by Crippen LogP contribution is 2.05. The molecule has 0 heterocycles. The second kappa shape index (κ2) is 5.11. The Hall–Kier alpha value is -0.890. The van der Waals surface area contributed by atoms with Gasteiger partial charge in [0.05, 0.1) is 0 Å². The first-order valence-corrected chi connectivity index (χ1v) is 5.04. The van der Waals surface area contributed by atoms with Gasteiger partial charge in [0.1, 0.15) is 5.82 Å². The lowest BCUT2D eigenvalue weighted by atomic mass is 10.1. The molecule has 0 aliphatic carbocycles. The Balaban J connectivity index is 2.45. The molecule has 0 aliphatic rings. The summed E-state index contributed by atoms with van der Waals surface area (Å²) in [5.74, 6) is -0.144. The van der Waals surface area contributed by atoms with Crippen LogP contribution in [0.2, 0.25) is 0 Å². The second-order valence-corrected chi connectivity index (χ2v) is 3.95. The molecule has 0 saturated heterocycles. The standard InChI is InChI=1S/C12H18FN/c1-10(2)14(3)8-7-11-5-4-6-12(13)9-11/h4-6,9-10H,7-8H2,1-3H3. The van der Waals surface area contributed by atoms with Crippen molar-refractivity contribution >= 4 is 0 Å². The van der Waals surface area contributed by atoms with E-state index in [0.29, 0.717) is 6.04 Å². The molecular weight excluding hydrogens is 177 g/mol. The lowest BCUT2D eigenvalue weighted by molar-refractivity contribution is 0.277. The summed E-state index contributed by atoms with van der Waals surface area (Å²) in [7, 11) is 2.09. The number of hydrogen-bond donors (Lipinski definition) is 0. The van der Waals surface area contributed by atoms with E-state index in [4.69, 9.17) is 0 Å². The molecule has 14 heavy (non-hydrogen) atoms. The molecule has 1 aromatic carbocycles. The molecular formula is C12H18FN. The molecule has 0 saturated carbocycles. The normalized spacial score (nSPS) is 11.3. The summed E-state index contributed by atoms with van der Waals surface area (Å²) < 4.78 is 12.8. The quantitative estimate of drug-likeness (QED) is 0.714. The monoisotopic (exact) mass is 195 g/mol. The van der Waals surface area contributed by atoms with E-state index in [1.54, 1.807) is 12.1 Å². The zero-order chi connectivity index (χ0) is 10.6. The van der Waals surface area contributed by atoms with Crippen molar-refractivity contribution in [3.05, 3.63) is 35.6 Å². The van der Waals surface area contributed by atoms with Gasteiger partial charge in [0.25, 0.3) is 0 Å². The first-order chi connectivity index (χ1) is 6.59. The number of halogens is 1. The Morgan fingerprint density at radius 2 is 2.07 bits per heavy atom. The topological polar surface area (TPSA) is 3.24 Å². The molecule has 0 fully saturated rings. The summed E-state index contributed by atoms with van der Waals surface area (Å²) in [6.07, 6.45) is 0.909. The minimum atomic E-state index is -0.144. The minimum absolute atomic E-state index is 0.144. The van der Waals surface area contributed by atoms with E-state index in [0.717, 1.165) is 18.5 Å². The van der Waals surface area contributed by atoms with Crippen molar-refractivity contribution in [1.82, 2.24) is 4.90 Å². The van der Waals surface area contributed by atoms with Crippen LogP contribution in [0.5, 0.6) is 0 Å².